The van der Waals surface area contributed by atoms with E-state index in [1.54, 1.807) is 14.2 Å². The summed E-state index contributed by atoms with van der Waals surface area (Å²) in [5.41, 5.74) is 1.13. The van der Waals surface area contributed by atoms with E-state index in [0.29, 0.717) is 19.4 Å². The van der Waals surface area contributed by atoms with Crippen molar-refractivity contribution in [3.8, 4) is 0 Å². The van der Waals surface area contributed by atoms with Gasteiger partial charge in [0.1, 0.15) is 6.10 Å². The summed E-state index contributed by atoms with van der Waals surface area (Å²) in [4.78, 5) is 11.9. The van der Waals surface area contributed by atoms with E-state index in [9.17, 15) is 9.90 Å². The molecule has 1 aromatic rings. The Hall–Kier alpha value is -1.39. The fourth-order valence-corrected chi connectivity index (χ4v) is 3.27. The quantitative estimate of drug-likeness (QED) is 0.874. The zero-order valence-corrected chi connectivity index (χ0v) is 12.8. The molecule has 4 nitrogen and oxygen atoms in total. The molecule has 0 bridgehead atoms. The van der Waals surface area contributed by atoms with Crippen LogP contribution in [-0.2, 0) is 19.7 Å². The van der Waals surface area contributed by atoms with Gasteiger partial charge in [0.25, 0.3) is 0 Å². The predicted molar refractivity (Wildman–Crippen MR) is 80.5 cm³/mol. The minimum Gasteiger partial charge on any atom is -0.481 e. The van der Waals surface area contributed by atoms with Gasteiger partial charge >= 0.3 is 5.97 Å². The van der Waals surface area contributed by atoms with Crippen molar-refractivity contribution in [3.63, 3.8) is 0 Å². The van der Waals surface area contributed by atoms with Crippen LogP contribution in [0.2, 0.25) is 0 Å². The minimum absolute atomic E-state index is 0.163. The second-order valence-corrected chi connectivity index (χ2v) is 5.75. The number of benzene rings is 1. The van der Waals surface area contributed by atoms with Crippen LogP contribution in [-0.4, -0.2) is 31.9 Å². The van der Waals surface area contributed by atoms with Crippen LogP contribution in [0.25, 0.3) is 0 Å². The Labute approximate surface area is 126 Å². The Bertz CT molecular complexity index is 477. The molecule has 1 unspecified atom stereocenters. The number of methoxy groups -OCH3 is 2. The molecular weight excluding hydrogens is 268 g/mol. The zero-order valence-electron chi connectivity index (χ0n) is 12.8. The first-order valence-electron chi connectivity index (χ1n) is 7.49. The molecule has 0 amide bonds. The monoisotopic (exact) mass is 292 g/mol. The topological polar surface area (TPSA) is 55.8 Å². The zero-order chi connectivity index (χ0) is 15.3. The SMILES string of the molecule is COCC(OC)c1cccc(C2(C(=O)O)CCCCC2)c1. The maximum absolute atomic E-state index is 11.9. The highest BCUT2D eigenvalue weighted by Gasteiger charge is 2.41. The fraction of sp³-hybridized carbons (Fsp3) is 0.588. The highest BCUT2D eigenvalue weighted by atomic mass is 16.5. The van der Waals surface area contributed by atoms with Crippen molar-refractivity contribution in [3.05, 3.63) is 35.4 Å². The number of ether oxygens (including phenoxy) is 2. The van der Waals surface area contributed by atoms with Crippen molar-refractivity contribution < 1.29 is 19.4 Å². The summed E-state index contributed by atoms with van der Waals surface area (Å²) >= 11 is 0. The molecule has 0 spiro atoms. The third kappa shape index (κ3) is 3.27. The number of carboxylic acid groups (broad SMARTS) is 1. The molecule has 0 heterocycles. The van der Waals surface area contributed by atoms with Crippen LogP contribution in [0.15, 0.2) is 24.3 Å². The molecule has 1 N–H and O–H groups in total. The smallest absolute Gasteiger partial charge is 0.314 e. The molecule has 0 aliphatic heterocycles. The first kappa shape index (κ1) is 16.0. The second-order valence-electron chi connectivity index (χ2n) is 5.75. The lowest BCUT2D eigenvalue weighted by molar-refractivity contribution is -0.145. The van der Waals surface area contributed by atoms with Crippen LogP contribution in [0.3, 0.4) is 0 Å². The van der Waals surface area contributed by atoms with Gasteiger partial charge in [0.2, 0.25) is 0 Å². The van der Waals surface area contributed by atoms with Gasteiger partial charge in [-0.25, -0.2) is 0 Å². The number of aliphatic carboxylic acids is 1. The maximum atomic E-state index is 11.9. The highest BCUT2D eigenvalue weighted by Crippen LogP contribution is 2.40. The van der Waals surface area contributed by atoms with Crippen LogP contribution in [0, 0.1) is 0 Å². The van der Waals surface area contributed by atoms with E-state index in [2.05, 4.69) is 0 Å². The molecule has 1 aliphatic rings. The van der Waals surface area contributed by atoms with E-state index in [1.807, 2.05) is 24.3 Å². The Morgan fingerprint density at radius 1 is 1.29 bits per heavy atom. The van der Waals surface area contributed by atoms with E-state index < -0.39 is 11.4 Å². The third-order valence-electron chi connectivity index (χ3n) is 4.53. The highest BCUT2D eigenvalue weighted by molar-refractivity contribution is 5.81. The largest absolute Gasteiger partial charge is 0.481 e. The van der Waals surface area contributed by atoms with Crippen molar-refractivity contribution in [2.75, 3.05) is 20.8 Å². The van der Waals surface area contributed by atoms with Crippen molar-refractivity contribution in [1.82, 2.24) is 0 Å². The van der Waals surface area contributed by atoms with E-state index in [0.717, 1.165) is 30.4 Å². The maximum Gasteiger partial charge on any atom is 0.314 e. The first-order valence-corrected chi connectivity index (χ1v) is 7.49. The van der Waals surface area contributed by atoms with Crippen molar-refractivity contribution in [2.45, 2.75) is 43.6 Å². The molecule has 0 aromatic heterocycles. The molecular formula is C17H24O4. The van der Waals surface area contributed by atoms with Gasteiger partial charge in [0.15, 0.2) is 0 Å². The van der Waals surface area contributed by atoms with E-state index in [-0.39, 0.29) is 6.10 Å². The Morgan fingerprint density at radius 3 is 2.57 bits per heavy atom. The van der Waals surface area contributed by atoms with Gasteiger partial charge in [-0.2, -0.15) is 0 Å². The molecule has 2 rings (SSSR count). The van der Waals surface area contributed by atoms with Crippen LogP contribution in [0.4, 0.5) is 0 Å². The molecule has 0 saturated heterocycles. The van der Waals surface area contributed by atoms with Crippen LogP contribution in [0.1, 0.15) is 49.3 Å². The Balaban J connectivity index is 2.36. The van der Waals surface area contributed by atoms with Crippen molar-refractivity contribution in [1.29, 1.82) is 0 Å². The lowest BCUT2D eigenvalue weighted by Gasteiger charge is -2.34. The summed E-state index contributed by atoms with van der Waals surface area (Å²) in [6.45, 7) is 0.458. The van der Waals surface area contributed by atoms with Gasteiger partial charge in [0.05, 0.1) is 12.0 Å². The van der Waals surface area contributed by atoms with Crippen molar-refractivity contribution in [2.24, 2.45) is 0 Å². The number of carbonyl (C=O) groups is 1. The summed E-state index contributed by atoms with van der Waals surface area (Å²) in [6.07, 6.45) is 4.34. The van der Waals surface area contributed by atoms with Crippen molar-refractivity contribution >= 4 is 5.97 Å². The summed E-state index contributed by atoms with van der Waals surface area (Å²) in [7, 11) is 3.28. The lowest BCUT2D eigenvalue weighted by Crippen LogP contribution is -2.38. The van der Waals surface area contributed by atoms with E-state index in [1.165, 1.54) is 0 Å². The molecule has 1 aromatic carbocycles. The summed E-state index contributed by atoms with van der Waals surface area (Å²) in [5, 5.41) is 9.78. The fourth-order valence-electron chi connectivity index (χ4n) is 3.27. The lowest BCUT2D eigenvalue weighted by atomic mass is 9.69. The van der Waals surface area contributed by atoms with Gasteiger partial charge < -0.3 is 14.6 Å². The molecule has 1 atom stereocenters. The van der Waals surface area contributed by atoms with Gasteiger partial charge in [-0.1, -0.05) is 43.5 Å². The molecule has 0 radical (unpaired) electrons. The Morgan fingerprint density at radius 2 is 2.00 bits per heavy atom. The molecule has 21 heavy (non-hydrogen) atoms. The standard InChI is InChI=1S/C17H24O4/c1-20-12-15(21-2)13-7-6-8-14(11-13)17(16(18)19)9-4-3-5-10-17/h6-8,11,15H,3-5,9-10,12H2,1-2H3,(H,18,19). The predicted octanol–water partition coefficient (Wildman–Crippen LogP) is 3.31. The van der Waals surface area contributed by atoms with Gasteiger partial charge in [0, 0.05) is 14.2 Å². The number of rotatable bonds is 6. The van der Waals surface area contributed by atoms with Crippen LogP contribution < -0.4 is 0 Å². The third-order valence-corrected chi connectivity index (χ3v) is 4.53. The molecule has 116 valence electrons. The summed E-state index contributed by atoms with van der Waals surface area (Å²) in [5.74, 6) is -0.708. The molecule has 1 saturated carbocycles. The van der Waals surface area contributed by atoms with Gasteiger partial charge in [-0.05, 0) is 24.0 Å². The first-order chi connectivity index (χ1) is 10.1. The molecule has 1 aliphatic carbocycles. The summed E-state index contributed by atoms with van der Waals surface area (Å²) < 4.78 is 10.6. The van der Waals surface area contributed by atoms with Gasteiger partial charge in [-0.15, -0.1) is 0 Å². The minimum atomic E-state index is -0.736. The average molecular weight is 292 g/mol. The van der Waals surface area contributed by atoms with Crippen LogP contribution in [0.5, 0.6) is 0 Å². The van der Waals surface area contributed by atoms with Gasteiger partial charge in [-0.3, -0.25) is 4.79 Å². The molecule has 1 fully saturated rings. The summed E-state index contributed by atoms with van der Waals surface area (Å²) in [6, 6.07) is 7.80. The average Bonchev–Trinajstić information content (AvgIpc) is 2.53. The second kappa shape index (κ2) is 7.05. The number of hydrogen-bond donors (Lipinski definition) is 1. The molecule has 4 heteroatoms. The van der Waals surface area contributed by atoms with E-state index >= 15 is 0 Å². The number of carboxylic acids is 1. The number of hydrogen-bond acceptors (Lipinski definition) is 3. The van der Waals surface area contributed by atoms with Crippen LogP contribution >= 0.6 is 0 Å². The normalized spacial score (nSPS) is 19.1. The van der Waals surface area contributed by atoms with E-state index in [4.69, 9.17) is 9.47 Å². The Kier molecular flexibility index (Phi) is 5.37.